The molecule has 0 saturated carbocycles. The van der Waals surface area contributed by atoms with Crippen molar-refractivity contribution >= 4 is 15.7 Å². The van der Waals surface area contributed by atoms with Gasteiger partial charge >= 0.3 is 0 Å². The fraction of sp³-hybridized carbons (Fsp3) is 0.391. The summed E-state index contributed by atoms with van der Waals surface area (Å²) in [6.45, 7) is 1.24. The minimum atomic E-state index is -3.80. The number of hydrogen-bond donors (Lipinski definition) is 0. The summed E-state index contributed by atoms with van der Waals surface area (Å²) in [5.74, 6) is 0.181. The van der Waals surface area contributed by atoms with Crippen molar-refractivity contribution in [3.63, 3.8) is 0 Å². The molecule has 0 fully saturated rings. The van der Waals surface area contributed by atoms with E-state index >= 15 is 0 Å². The first-order valence-electron chi connectivity index (χ1n) is 10.6. The third kappa shape index (κ3) is 6.25. The number of carbonyl (C=O) groups is 1. The van der Waals surface area contributed by atoms with Crippen LogP contribution >= 0.6 is 0 Å². The molecular weight excluding hydrogens is 462 g/mol. The van der Waals surface area contributed by atoms with Crippen molar-refractivity contribution in [1.82, 2.24) is 14.5 Å². The number of hydrogen-bond acceptors (Lipinski definition) is 8. The van der Waals surface area contributed by atoms with Crippen LogP contribution in [0.5, 0.6) is 5.75 Å². The van der Waals surface area contributed by atoms with Crippen LogP contribution in [0.3, 0.4) is 0 Å². The highest BCUT2D eigenvalue weighted by Gasteiger charge is 2.26. The van der Waals surface area contributed by atoms with Gasteiger partial charge in [-0.05, 0) is 29.8 Å². The molecule has 0 aliphatic carbocycles. The SMILES string of the molecule is COCCN(Cc1cnc(S(=O)(=O)Cc2cccc(OC)c2)n1CCOC)C(=O)c1ccco1. The number of nitrogens with zero attached hydrogens (tertiary/aromatic N) is 3. The van der Waals surface area contributed by atoms with E-state index in [0.29, 0.717) is 23.6 Å². The van der Waals surface area contributed by atoms with Crippen molar-refractivity contribution in [2.75, 3.05) is 41.1 Å². The van der Waals surface area contributed by atoms with Crippen LogP contribution in [0.25, 0.3) is 0 Å². The monoisotopic (exact) mass is 491 g/mol. The van der Waals surface area contributed by atoms with Crippen molar-refractivity contribution in [2.45, 2.75) is 24.0 Å². The van der Waals surface area contributed by atoms with E-state index < -0.39 is 9.84 Å². The van der Waals surface area contributed by atoms with E-state index in [-0.39, 0.29) is 48.8 Å². The molecule has 1 amide bonds. The zero-order valence-corrected chi connectivity index (χ0v) is 20.3. The van der Waals surface area contributed by atoms with E-state index in [0.717, 1.165) is 0 Å². The summed E-state index contributed by atoms with van der Waals surface area (Å²) in [4.78, 5) is 18.7. The Balaban J connectivity index is 1.91. The van der Waals surface area contributed by atoms with Crippen molar-refractivity contribution in [3.05, 3.63) is 65.9 Å². The first kappa shape index (κ1) is 25.5. The van der Waals surface area contributed by atoms with Crippen LogP contribution in [0, 0.1) is 0 Å². The van der Waals surface area contributed by atoms with Crippen molar-refractivity contribution in [3.8, 4) is 5.75 Å². The Morgan fingerprint density at radius 1 is 1.12 bits per heavy atom. The first-order chi connectivity index (χ1) is 16.4. The van der Waals surface area contributed by atoms with Crippen LogP contribution in [0.4, 0.5) is 0 Å². The highest BCUT2D eigenvalue weighted by Crippen LogP contribution is 2.21. The van der Waals surface area contributed by atoms with Crippen LogP contribution in [0.2, 0.25) is 0 Å². The summed E-state index contributed by atoms with van der Waals surface area (Å²) in [5, 5.41) is -0.0838. The standard InChI is InChI=1S/C23H29N3O7S/c1-30-12-9-25(22(27)21-8-5-11-33-21)16-19-15-24-23(26(19)10-13-31-2)34(28,29)17-18-6-4-7-20(14-18)32-3/h4-8,11,14-15H,9-10,12-13,16-17H2,1-3H3. The number of carbonyl (C=O) groups excluding carboxylic acids is 1. The van der Waals surface area contributed by atoms with Crippen LogP contribution in [0.1, 0.15) is 21.8 Å². The smallest absolute Gasteiger partial charge is 0.289 e. The second kappa shape index (κ2) is 11.8. The normalized spacial score (nSPS) is 11.5. The zero-order chi connectivity index (χ0) is 24.6. The molecule has 184 valence electrons. The van der Waals surface area contributed by atoms with Gasteiger partial charge in [-0.15, -0.1) is 0 Å². The summed E-state index contributed by atoms with van der Waals surface area (Å²) < 4.78 is 49.0. The van der Waals surface area contributed by atoms with Crippen molar-refractivity contribution in [1.29, 1.82) is 0 Å². The Hall–Kier alpha value is -3.15. The molecule has 0 unspecified atom stereocenters. The number of benzene rings is 1. The predicted molar refractivity (Wildman–Crippen MR) is 123 cm³/mol. The van der Waals surface area contributed by atoms with Gasteiger partial charge in [-0.1, -0.05) is 12.1 Å². The number of furan rings is 1. The minimum absolute atomic E-state index is 0.0838. The Morgan fingerprint density at radius 3 is 2.59 bits per heavy atom. The topological polar surface area (TPSA) is 113 Å². The summed E-state index contributed by atoms with van der Waals surface area (Å²) in [6, 6.07) is 10.1. The molecular formula is C23H29N3O7S. The van der Waals surface area contributed by atoms with Crippen LogP contribution < -0.4 is 4.74 Å². The average Bonchev–Trinajstić information content (AvgIpc) is 3.50. The molecule has 2 aromatic heterocycles. The van der Waals surface area contributed by atoms with Gasteiger partial charge in [0.15, 0.2) is 5.76 Å². The molecule has 11 heteroatoms. The van der Waals surface area contributed by atoms with Gasteiger partial charge in [-0.2, -0.15) is 0 Å². The molecule has 1 aromatic carbocycles. The first-order valence-corrected chi connectivity index (χ1v) is 12.3. The van der Waals surface area contributed by atoms with Gasteiger partial charge in [0.05, 0.1) is 50.8 Å². The lowest BCUT2D eigenvalue weighted by Gasteiger charge is -2.22. The van der Waals surface area contributed by atoms with Gasteiger partial charge < -0.3 is 28.1 Å². The molecule has 3 aromatic rings. The molecule has 0 N–H and O–H groups in total. The largest absolute Gasteiger partial charge is 0.497 e. The molecule has 0 bridgehead atoms. The van der Waals surface area contributed by atoms with Crippen molar-refractivity contribution in [2.24, 2.45) is 0 Å². The van der Waals surface area contributed by atoms with E-state index in [1.165, 1.54) is 31.6 Å². The molecule has 0 aliphatic rings. The molecule has 0 radical (unpaired) electrons. The van der Waals surface area contributed by atoms with E-state index in [4.69, 9.17) is 18.6 Å². The number of amides is 1. The lowest BCUT2D eigenvalue weighted by atomic mass is 10.2. The molecule has 0 saturated heterocycles. The Kier molecular flexibility index (Phi) is 8.85. The number of ether oxygens (including phenoxy) is 3. The maximum absolute atomic E-state index is 13.3. The highest BCUT2D eigenvalue weighted by atomic mass is 32.2. The van der Waals surface area contributed by atoms with E-state index in [2.05, 4.69) is 4.98 Å². The zero-order valence-electron chi connectivity index (χ0n) is 19.5. The van der Waals surface area contributed by atoms with Crippen molar-refractivity contribution < 1.29 is 31.8 Å². The number of aromatic nitrogens is 2. The van der Waals surface area contributed by atoms with Gasteiger partial charge in [0.2, 0.25) is 15.0 Å². The second-order valence-electron chi connectivity index (χ2n) is 7.48. The van der Waals surface area contributed by atoms with Crippen LogP contribution in [-0.4, -0.2) is 69.9 Å². The number of sulfone groups is 1. The van der Waals surface area contributed by atoms with Gasteiger partial charge in [0, 0.05) is 27.3 Å². The van der Waals surface area contributed by atoms with Crippen LogP contribution in [-0.2, 0) is 38.2 Å². The van der Waals surface area contributed by atoms with E-state index in [9.17, 15) is 13.2 Å². The molecule has 3 rings (SSSR count). The predicted octanol–water partition coefficient (Wildman–Crippen LogP) is 2.39. The number of methoxy groups -OCH3 is 3. The Bertz CT molecular complexity index is 1170. The van der Waals surface area contributed by atoms with E-state index in [1.807, 2.05) is 0 Å². The summed E-state index contributed by atoms with van der Waals surface area (Å²) in [7, 11) is 0.801. The number of rotatable bonds is 13. The van der Waals surface area contributed by atoms with Gasteiger partial charge in [-0.25, -0.2) is 13.4 Å². The molecule has 0 spiro atoms. The summed E-state index contributed by atoms with van der Waals surface area (Å²) in [5.41, 5.74) is 1.13. The van der Waals surface area contributed by atoms with Gasteiger partial charge in [0.1, 0.15) is 5.75 Å². The number of imidazole rings is 1. The Labute approximate surface area is 199 Å². The third-order valence-electron chi connectivity index (χ3n) is 5.13. The summed E-state index contributed by atoms with van der Waals surface area (Å²) in [6.07, 6.45) is 2.90. The fourth-order valence-electron chi connectivity index (χ4n) is 3.44. The lowest BCUT2D eigenvalue weighted by molar-refractivity contribution is 0.0643. The minimum Gasteiger partial charge on any atom is -0.497 e. The molecule has 2 heterocycles. The summed E-state index contributed by atoms with van der Waals surface area (Å²) >= 11 is 0. The maximum atomic E-state index is 13.3. The molecule has 0 aliphatic heterocycles. The van der Waals surface area contributed by atoms with E-state index in [1.54, 1.807) is 48.1 Å². The molecule has 0 atom stereocenters. The third-order valence-corrected chi connectivity index (χ3v) is 6.72. The fourth-order valence-corrected chi connectivity index (χ4v) is 4.95. The average molecular weight is 492 g/mol. The van der Waals surface area contributed by atoms with Crippen LogP contribution in [0.15, 0.2) is 58.4 Å². The molecule has 10 nitrogen and oxygen atoms in total. The maximum Gasteiger partial charge on any atom is 0.289 e. The second-order valence-corrected chi connectivity index (χ2v) is 9.37. The van der Waals surface area contributed by atoms with Gasteiger partial charge in [-0.3, -0.25) is 4.79 Å². The highest BCUT2D eigenvalue weighted by molar-refractivity contribution is 7.90. The van der Waals surface area contributed by atoms with Gasteiger partial charge in [0.25, 0.3) is 5.91 Å². The molecule has 34 heavy (non-hydrogen) atoms. The Morgan fingerprint density at radius 2 is 1.91 bits per heavy atom. The lowest BCUT2D eigenvalue weighted by Crippen LogP contribution is -2.34. The quantitative estimate of drug-likeness (QED) is 0.358.